The first-order valence-electron chi connectivity index (χ1n) is 8.00. The molecule has 0 saturated carbocycles. The largest absolute Gasteiger partial charge is 0.388 e. The van der Waals surface area contributed by atoms with Gasteiger partial charge in [-0.25, -0.2) is 0 Å². The first-order chi connectivity index (χ1) is 11.3. The van der Waals surface area contributed by atoms with Crippen LogP contribution in [0, 0.1) is 0 Å². The number of ether oxygens (including phenoxy) is 4. The van der Waals surface area contributed by atoms with E-state index in [2.05, 4.69) is 0 Å². The Morgan fingerprint density at radius 1 is 0.833 bits per heavy atom. The van der Waals surface area contributed by atoms with Crippen LogP contribution in [0.4, 0.5) is 0 Å². The Morgan fingerprint density at radius 2 is 1.33 bits per heavy atom. The molecule has 0 amide bonds. The van der Waals surface area contributed by atoms with Crippen LogP contribution in [-0.2, 0) is 18.9 Å². The number of hydrogen-bond donors (Lipinski definition) is 6. The summed E-state index contributed by atoms with van der Waals surface area (Å²) in [5.74, 6) is 0. The van der Waals surface area contributed by atoms with Crippen LogP contribution >= 0.6 is 0 Å². The molecule has 0 spiro atoms. The van der Waals surface area contributed by atoms with Gasteiger partial charge in [0, 0.05) is 7.11 Å². The third-order valence-corrected chi connectivity index (χ3v) is 4.56. The van der Waals surface area contributed by atoms with Crippen LogP contribution < -0.4 is 11.5 Å². The zero-order valence-electron chi connectivity index (χ0n) is 13.8. The van der Waals surface area contributed by atoms with Gasteiger partial charge < -0.3 is 50.8 Å². The third-order valence-electron chi connectivity index (χ3n) is 4.56. The highest BCUT2D eigenvalue weighted by atomic mass is 16.7. The zero-order chi connectivity index (χ0) is 18.0. The Hall–Kier alpha value is -0.400. The molecule has 2 heterocycles. The van der Waals surface area contributed by atoms with Crippen LogP contribution in [-0.4, -0.2) is 95.4 Å². The molecule has 10 atom stereocenters. The van der Waals surface area contributed by atoms with E-state index in [1.165, 1.54) is 7.11 Å². The van der Waals surface area contributed by atoms with E-state index in [0.29, 0.717) is 6.42 Å². The summed E-state index contributed by atoms with van der Waals surface area (Å²) in [4.78, 5) is 0. The van der Waals surface area contributed by atoms with E-state index < -0.39 is 61.3 Å². The summed E-state index contributed by atoms with van der Waals surface area (Å²) < 4.78 is 21.6. The van der Waals surface area contributed by atoms with Gasteiger partial charge in [-0.1, -0.05) is 6.92 Å². The summed E-state index contributed by atoms with van der Waals surface area (Å²) in [6.45, 7) is 1.63. The Morgan fingerprint density at radius 3 is 1.88 bits per heavy atom. The molecule has 0 aromatic heterocycles. The second kappa shape index (κ2) is 8.32. The number of hydrogen-bond acceptors (Lipinski definition) is 10. The van der Waals surface area contributed by atoms with Gasteiger partial charge in [0.25, 0.3) is 0 Å². The fraction of sp³-hybridized carbons (Fsp3) is 1.00. The number of nitrogens with two attached hydrogens (primary N) is 2. The van der Waals surface area contributed by atoms with Crippen LogP contribution in [0.2, 0.25) is 0 Å². The lowest BCUT2D eigenvalue weighted by atomic mass is 9.96. The Kier molecular flexibility index (Phi) is 6.90. The monoisotopic (exact) mass is 352 g/mol. The summed E-state index contributed by atoms with van der Waals surface area (Å²) in [6, 6.07) is -1.86. The van der Waals surface area contributed by atoms with E-state index in [1.54, 1.807) is 6.92 Å². The molecule has 24 heavy (non-hydrogen) atoms. The molecule has 2 fully saturated rings. The van der Waals surface area contributed by atoms with Crippen molar-refractivity contribution in [1.29, 1.82) is 0 Å². The number of methoxy groups -OCH3 is 1. The van der Waals surface area contributed by atoms with Crippen molar-refractivity contribution in [1.82, 2.24) is 0 Å². The standard InChI is InChI=1S/C14H28N2O8/c1-3-5-9(17)12(20)8(16)14(23-5)22-4-6-10(18)11(19)7(15)13(21-2)24-6/h5-14,17-20H,3-4,15-16H2,1-2H3. The topological polar surface area (TPSA) is 170 Å². The molecule has 10 unspecified atom stereocenters. The van der Waals surface area contributed by atoms with Crippen LogP contribution in [0.3, 0.4) is 0 Å². The normalized spacial score (nSPS) is 50.0. The summed E-state index contributed by atoms with van der Waals surface area (Å²) in [5, 5.41) is 39.8. The van der Waals surface area contributed by atoms with Crippen molar-refractivity contribution >= 4 is 0 Å². The van der Waals surface area contributed by atoms with Crippen LogP contribution in [0.15, 0.2) is 0 Å². The molecular formula is C14H28N2O8. The lowest BCUT2D eigenvalue weighted by Gasteiger charge is -2.43. The first-order valence-corrected chi connectivity index (χ1v) is 8.00. The van der Waals surface area contributed by atoms with Gasteiger partial charge in [-0.15, -0.1) is 0 Å². The van der Waals surface area contributed by atoms with Crippen molar-refractivity contribution in [2.75, 3.05) is 13.7 Å². The molecule has 2 aliphatic heterocycles. The third kappa shape index (κ3) is 3.88. The molecule has 0 radical (unpaired) electrons. The molecule has 0 aromatic rings. The minimum absolute atomic E-state index is 0.164. The van der Waals surface area contributed by atoms with Crippen LogP contribution in [0.1, 0.15) is 13.3 Å². The van der Waals surface area contributed by atoms with Gasteiger partial charge in [0.05, 0.1) is 24.8 Å². The lowest BCUT2D eigenvalue weighted by Crippen LogP contribution is -2.64. The molecule has 142 valence electrons. The maximum Gasteiger partial charge on any atom is 0.175 e. The lowest BCUT2D eigenvalue weighted by molar-refractivity contribution is -0.294. The molecule has 2 rings (SSSR count). The van der Waals surface area contributed by atoms with E-state index in [0.717, 1.165) is 0 Å². The highest BCUT2D eigenvalue weighted by Crippen LogP contribution is 2.25. The average molecular weight is 352 g/mol. The summed E-state index contributed by atoms with van der Waals surface area (Å²) in [6.07, 6.45) is -7.76. The highest BCUT2D eigenvalue weighted by molar-refractivity contribution is 4.93. The van der Waals surface area contributed by atoms with Crippen molar-refractivity contribution < 1.29 is 39.4 Å². The van der Waals surface area contributed by atoms with E-state index in [1.807, 2.05) is 0 Å². The fourth-order valence-electron chi connectivity index (χ4n) is 2.93. The van der Waals surface area contributed by atoms with Gasteiger partial charge in [0.2, 0.25) is 0 Å². The van der Waals surface area contributed by atoms with E-state index in [-0.39, 0.29) is 6.61 Å². The van der Waals surface area contributed by atoms with E-state index in [4.69, 9.17) is 30.4 Å². The molecule has 10 heteroatoms. The number of rotatable bonds is 5. The summed E-state index contributed by atoms with van der Waals surface area (Å²) in [5.41, 5.74) is 11.5. The van der Waals surface area contributed by atoms with Gasteiger partial charge in [-0.3, -0.25) is 0 Å². The molecular weight excluding hydrogens is 324 g/mol. The van der Waals surface area contributed by atoms with Gasteiger partial charge in [0.15, 0.2) is 12.6 Å². The maximum atomic E-state index is 10.1. The van der Waals surface area contributed by atoms with Gasteiger partial charge in [-0.05, 0) is 6.42 Å². The predicted molar refractivity (Wildman–Crippen MR) is 80.6 cm³/mol. The Bertz CT molecular complexity index is 363. The van der Waals surface area contributed by atoms with E-state index >= 15 is 0 Å². The van der Waals surface area contributed by atoms with Crippen molar-refractivity contribution in [3.63, 3.8) is 0 Å². The molecule has 0 aromatic carbocycles. The fourth-order valence-corrected chi connectivity index (χ4v) is 2.93. The molecule has 8 N–H and O–H groups in total. The summed E-state index contributed by atoms with van der Waals surface area (Å²) >= 11 is 0. The minimum Gasteiger partial charge on any atom is -0.388 e. The maximum absolute atomic E-state index is 10.1. The van der Waals surface area contributed by atoms with Gasteiger partial charge in [0.1, 0.15) is 30.5 Å². The van der Waals surface area contributed by atoms with Crippen molar-refractivity contribution in [3.05, 3.63) is 0 Å². The molecule has 0 aliphatic carbocycles. The van der Waals surface area contributed by atoms with E-state index in [9.17, 15) is 20.4 Å². The van der Waals surface area contributed by atoms with Crippen molar-refractivity contribution in [2.45, 2.75) is 74.6 Å². The Balaban J connectivity index is 1.96. The molecule has 10 nitrogen and oxygen atoms in total. The summed E-state index contributed by atoms with van der Waals surface area (Å²) in [7, 11) is 1.37. The van der Waals surface area contributed by atoms with Crippen LogP contribution in [0.5, 0.6) is 0 Å². The first kappa shape index (κ1) is 19.9. The van der Waals surface area contributed by atoms with Crippen molar-refractivity contribution in [3.8, 4) is 0 Å². The SMILES string of the molecule is CCC1OC(OCC2OC(OC)C(N)C(O)C2O)C(N)C(O)C1O. The van der Waals surface area contributed by atoms with Gasteiger partial charge >= 0.3 is 0 Å². The smallest absolute Gasteiger partial charge is 0.175 e. The molecule has 2 aliphatic rings. The zero-order valence-corrected chi connectivity index (χ0v) is 13.8. The Labute approximate surface area is 140 Å². The van der Waals surface area contributed by atoms with Gasteiger partial charge in [-0.2, -0.15) is 0 Å². The quantitative estimate of drug-likeness (QED) is 0.293. The number of aliphatic hydroxyl groups is 4. The number of aliphatic hydroxyl groups excluding tert-OH is 4. The highest BCUT2D eigenvalue weighted by Gasteiger charge is 2.45. The predicted octanol–water partition coefficient (Wildman–Crippen LogP) is -3.39. The minimum atomic E-state index is -1.27. The molecule has 0 bridgehead atoms. The van der Waals surface area contributed by atoms with Crippen LogP contribution in [0.25, 0.3) is 0 Å². The second-order valence-electron chi connectivity index (χ2n) is 6.18. The molecule has 2 saturated heterocycles. The second-order valence-corrected chi connectivity index (χ2v) is 6.18. The average Bonchev–Trinajstić information content (AvgIpc) is 2.58. The van der Waals surface area contributed by atoms with Crippen molar-refractivity contribution in [2.24, 2.45) is 11.5 Å².